The van der Waals surface area contributed by atoms with Gasteiger partial charge >= 0.3 is 0 Å². The van der Waals surface area contributed by atoms with Crippen LogP contribution in [0.5, 0.6) is 0 Å². The number of hydrogen-bond donors (Lipinski definition) is 1. The second-order valence-corrected chi connectivity index (χ2v) is 8.09. The molecule has 5 nitrogen and oxygen atoms in total. The predicted octanol–water partition coefficient (Wildman–Crippen LogP) is 6.02. The highest BCUT2D eigenvalue weighted by Crippen LogP contribution is 2.43. The quantitative estimate of drug-likeness (QED) is 0.239. The first-order valence-corrected chi connectivity index (χ1v) is 10.4. The summed E-state index contributed by atoms with van der Waals surface area (Å²) in [5, 5.41) is 13.6. The van der Waals surface area contributed by atoms with E-state index in [1.165, 1.54) is 11.2 Å². The van der Waals surface area contributed by atoms with Crippen molar-refractivity contribution < 1.29 is 19.1 Å². The van der Waals surface area contributed by atoms with Gasteiger partial charge in [-0.2, -0.15) is 0 Å². The summed E-state index contributed by atoms with van der Waals surface area (Å²) in [5.74, 6) is -1.43. The van der Waals surface area contributed by atoms with Crippen molar-refractivity contribution in [2.75, 3.05) is 4.90 Å². The maximum Gasteiger partial charge on any atom is 0.300 e. The van der Waals surface area contributed by atoms with Gasteiger partial charge < -0.3 is 9.52 Å². The van der Waals surface area contributed by atoms with Crippen LogP contribution in [0.25, 0.3) is 16.5 Å². The highest BCUT2D eigenvalue weighted by molar-refractivity contribution is 6.51. The van der Waals surface area contributed by atoms with Gasteiger partial charge in [0.05, 0.1) is 11.8 Å². The van der Waals surface area contributed by atoms with Crippen LogP contribution < -0.4 is 4.90 Å². The lowest BCUT2D eigenvalue weighted by molar-refractivity contribution is -0.132. The van der Waals surface area contributed by atoms with Crippen molar-refractivity contribution in [3.63, 3.8) is 0 Å². The number of rotatable bonds is 3. The van der Waals surface area contributed by atoms with Gasteiger partial charge in [0.1, 0.15) is 17.6 Å². The van der Waals surface area contributed by atoms with E-state index in [0.29, 0.717) is 22.0 Å². The molecule has 5 rings (SSSR count). The van der Waals surface area contributed by atoms with Crippen molar-refractivity contribution in [3.8, 4) is 0 Å². The summed E-state index contributed by atoms with van der Waals surface area (Å²) in [6.45, 7) is 1.85. The number of carbonyl (C=O) groups excluding carboxylic acids is 2. The number of furan rings is 1. The average molecular weight is 444 g/mol. The third-order valence-corrected chi connectivity index (χ3v) is 6.12. The molecule has 32 heavy (non-hydrogen) atoms. The van der Waals surface area contributed by atoms with Crippen LogP contribution in [0.3, 0.4) is 0 Å². The summed E-state index contributed by atoms with van der Waals surface area (Å²) in [5.41, 5.74) is 1.71. The Morgan fingerprint density at radius 2 is 1.75 bits per heavy atom. The Hall–Kier alpha value is -3.83. The standard InChI is InChI=1S/C26H18ClNO4/c1-15-8-11-19(14-20(15)27)28-23(21-7-4-12-32-21)22(25(30)26(28)31)24(29)18-10-9-16-5-2-3-6-17(16)13-18/h2-14,23,29H,1H3/b24-22-. The molecule has 1 aliphatic rings. The van der Waals surface area contributed by atoms with Gasteiger partial charge in [-0.1, -0.05) is 54.1 Å². The second kappa shape index (κ2) is 7.70. The molecule has 1 atom stereocenters. The van der Waals surface area contributed by atoms with Crippen molar-refractivity contribution in [2.24, 2.45) is 0 Å². The zero-order chi connectivity index (χ0) is 22.4. The van der Waals surface area contributed by atoms with Gasteiger partial charge in [-0.25, -0.2) is 0 Å². The van der Waals surface area contributed by atoms with Gasteiger partial charge in [0.25, 0.3) is 11.7 Å². The summed E-state index contributed by atoms with van der Waals surface area (Å²) in [7, 11) is 0. The molecule has 0 spiro atoms. The fraction of sp³-hybridized carbons (Fsp3) is 0.0769. The molecule has 3 aromatic carbocycles. The highest BCUT2D eigenvalue weighted by atomic mass is 35.5. The molecule has 0 bridgehead atoms. The molecular weight excluding hydrogens is 426 g/mol. The van der Waals surface area contributed by atoms with Crippen LogP contribution in [-0.4, -0.2) is 16.8 Å². The summed E-state index contributed by atoms with van der Waals surface area (Å²) in [6, 6.07) is 20.6. The highest BCUT2D eigenvalue weighted by Gasteiger charge is 2.48. The Kier molecular flexibility index (Phi) is 4.83. The Labute approximate surface area is 189 Å². The molecule has 6 heteroatoms. The number of nitrogens with zero attached hydrogens (tertiary/aromatic N) is 1. The van der Waals surface area contributed by atoms with E-state index in [-0.39, 0.29) is 11.3 Å². The molecule has 0 radical (unpaired) electrons. The lowest BCUT2D eigenvalue weighted by atomic mass is 9.97. The Bertz CT molecular complexity index is 1400. The van der Waals surface area contributed by atoms with E-state index in [9.17, 15) is 14.7 Å². The van der Waals surface area contributed by atoms with Crippen LogP contribution in [0.1, 0.15) is 22.9 Å². The molecule has 1 aliphatic heterocycles. The normalized spacial score (nSPS) is 17.9. The number of ketones is 1. The lowest BCUT2D eigenvalue weighted by Gasteiger charge is -2.23. The van der Waals surface area contributed by atoms with E-state index >= 15 is 0 Å². The second-order valence-electron chi connectivity index (χ2n) is 7.68. The summed E-state index contributed by atoms with van der Waals surface area (Å²) in [6.07, 6.45) is 1.47. The molecule has 4 aromatic rings. The Balaban J connectivity index is 1.71. The molecule has 0 saturated carbocycles. The van der Waals surface area contributed by atoms with Crippen molar-refractivity contribution in [1.82, 2.24) is 0 Å². The number of carbonyl (C=O) groups is 2. The van der Waals surface area contributed by atoms with E-state index in [0.717, 1.165) is 16.3 Å². The minimum Gasteiger partial charge on any atom is -0.507 e. The molecule has 1 amide bonds. The van der Waals surface area contributed by atoms with Crippen molar-refractivity contribution in [3.05, 3.63) is 107 Å². The monoisotopic (exact) mass is 443 g/mol. The van der Waals surface area contributed by atoms with E-state index in [2.05, 4.69) is 0 Å². The van der Waals surface area contributed by atoms with Crippen molar-refractivity contribution in [2.45, 2.75) is 13.0 Å². The Morgan fingerprint density at radius 3 is 2.47 bits per heavy atom. The third-order valence-electron chi connectivity index (χ3n) is 5.71. The van der Waals surface area contributed by atoms with Gasteiger partial charge in [-0.3, -0.25) is 14.5 Å². The zero-order valence-electron chi connectivity index (χ0n) is 17.1. The SMILES string of the molecule is Cc1ccc(N2C(=O)C(=O)/C(=C(\O)c3ccc4ccccc4c3)C2c2ccco2)cc1Cl. The van der Waals surface area contributed by atoms with E-state index < -0.39 is 17.7 Å². The molecule has 0 aliphatic carbocycles. The zero-order valence-corrected chi connectivity index (χ0v) is 17.8. The topological polar surface area (TPSA) is 70.8 Å². The molecule has 1 saturated heterocycles. The molecular formula is C26H18ClNO4. The number of aliphatic hydroxyl groups is 1. The molecule has 1 fully saturated rings. The molecule has 1 aromatic heterocycles. The first-order valence-electron chi connectivity index (χ1n) is 10.1. The van der Waals surface area contributed by atoms with Gasteiger partial charge in [-0.05, 0) is 53.6 Å². The molecule has 2 heterocycles. The summed E-state index contributed by atoms with van der Waals surface area (Å²) >= 11 is 6.29. The predicted molar refractivity (Wildman–Crippen MR) is 124 cm³/mol. The maximum absolute atomic E-state index is 13.1. The summed E-state index contributed by atoms with van der Waals surface area (Å²) in [4.78, 5) is 27.6. The fourth-order valence-electron chi connectivity index (χ4n) is 4.04. The largest absolute Gasteiger partial charge is 0.507 e. The minimum atomic E-state index is -0.921. The minimum absolute atomic E-state index is 0.0306. The number of hydrogen-bond acceptors (Lipinski definition) is 4. The summed E-state index contributed by atoms with van der Waals surface area (Å²) < 4.78 is 5.58. The number of aryl methyl sites for hydroxylation is 1. The number of fused-ring (bicyclic) bond motifs is 1. The third kappa shape index (κ3) is 3.18. The fourth-order valence-corrected chi connectivity index (χ4v) is 4.21. The van der Waals surface area contributed by atoms with Crippen LogP contribution >= 0.6 is 11.6 Å². The Morgan fingerprint density at radius 1 is 0.969 bits per heavy atom. The van der Waals surface area contributed by atoms with E-state index in [1.807, 2.05) is 37.3 Å². The number of Topliss-reactive ketones (excluding diaryl/α,β-unsaturated/α-hetero) is 1. The number of halogens is 1. The van der Waals surface area contributed by atoms with Crippen LogP contribution in [0.15, 0.2) is 89.0 Å². The van der Waals surface area contributed by atoms with Crippen LogP contribution in [0.4, 0.5) is 5.69 Å². The van der Waals surface area contributed by atoms with Gasteiger partial charge in [-0.15, -0.1) is 0 Å². The van der Waals surface area contributed by atoms with Crippen molar-refractivity contribution in [1.29, 1.82) is 0 Å². The number of benzene rings is 3. The smallest absolute Gasteiger partial charge is 0.300 e. The number of amides is 1. The van der Waals surface area contributed by atoms with Crippen LogP contribution in [0.2, 0.25) is 5.02 Å². The van der Waals surface area contributed by atoms with Gasteiger partial charge in [0.15, 0.2) is 0 Å². The van der Waals surface area contributed by atoms with Crippen LogP contribution in [-0.2, 0) is 9.59 Å². The first-order chi connectivity index (χ1) is 15.5. The maximum atomic E-state index is 13.1. The average Bonchev–Trinajstić information content (AvgIpc) is 3.42. The molecule has 1 N–H and O–H groups in total. The number of aliphatic hydroxyl groups excluding tert-OH is 1. The van der Waals surface area contributed by atoms with E-state index in [4.69, 9.17) is 16.0 Å². The number of anilines is 1. The van der Waals surface area contributed by atoms with Gasteiger partial charge in [0.2, 0.25) is 0 Å². The molecule has 158 valence electrons. The van der Waals surface area contributed by atoms with Crippen LogP contribution in [0, 0.1) is 6.92 Å². The first kappa shape index (κ1) is 20.1. The molecule has 1 unspecified atom stereocenters. The van der Waals surface area contributed by atoms with Gasteiger partial charge in [0, 0.05) is 16.3 Å². The van der Waals surface area contributed by atoms with E-state index in [1.54, 1.807) is 42.5 Å². The lowest BCUT2D eigenvalue weighted by Crippen LogP contribution is -2.29. The van der Waals surface area contributed by atoms with Crippen molar-refractivity contribution >= 4 is 45.5 Å².